The molecule has 0 fully saturated rings. The van der Waals surface area contributed by atoms with E-state index in [1.165, 1.54) is 12.1 Å². The summed E-state index contributed by atoms with van der Waals surface area (Å²) in [4.78, 5) is 23.3. The van der Waals surface area contributed by atoms with Crippen molar-refractivity contribution in [2.75, 3.05) is 5.32 Å². The first-order valence-electron chi connectivity index (χ1n) is 6.16. The highest BCUT2D eigenvalue weighted by molar-refractivity contribution is 5.98. The molecule has 1 aromatic rings. The molecule has 1 aromatic carbocycles. The van der Waals surface area contributed by atoms with Crippen LogP contribution < -0.4 is 16.8 Å². The van der Waals surface area contributed by atoms with Crippen LogP contribution in [0, 0.1) is 11.2 Å². The smallest absolute Gasteiger partial charge is 0.251 e. The van der Waals surface area contributed by atoms with Crippen LogP contribution in [0.25, 0.3) is 0 Å². The molecule has 0 aliphatic rings. The normalized spacial score (nSPS) is 12.1. The molecule has 0 unspecified atom stereocenters. The average Bonchev–Trinajstić information content (AvgIpc) is 2.29. The Hall–Kier alpha value is -1.95. The Balaban J connectivity index is 3.03. The highest BCUT2D eigenvalue weighted by Crippen LogP contribution is 2.30. The van der Waals surface area contributed by atoms with E-state index in [0.29, 0.717) is 5.69 Å². The lowest BCUT2D eigenvalue weighted by molar-refractivity contribution is -0.126. The zero-order valence-electron chi connectivity index (χ0n) is 12.1. The number of hydrogen-bond acceptors (Lipinski definition) is 3. The van der Waals surface area contributed by atoms with Crippen molar-refractivity contribution in [3.05, 3.63) is 29.6 Å². The molecule has 0 saturated heterocycles. The molecule has 1 rings (SSSR count). The van der Waals surface area contributed by atoms with Gasteiger partial charge in [-0.15, -0.1) is 0 Å². The number of carbonyl (C=O) groups excluding carboxylic acids is 2. The molecular formula is C14H20FN3O2. The van der Waals surface area contributed by atoms with Gasteiger partial charge in [0.15, 0.2) is 0 Å². The molecule has 0 aromatic heterocycles. The van der Waals surface area contributed by atoms with Crippen LogP contribution in [0.5, 0.6) is 0 Å². The molecule has 6 heteroatoms. The lowest BCUT2D eigenvalue weighted by Crippen LogP contribution is -2.53. The van der Waals surface area contributed by atoms with E-state index in [4.69, 9.17) is 11.5 Å². The van der Waals surface area contributed by atoms with E-state index in [9.17, 15) is 14.0 Å². The standard InChI is InChI=1S/C14H20FN3O2/c1-13(2,14(3,4)17)12(20)18-8-5-6-10(15)9(7-8)11(16)19/h5-7H,17H2,1-4H3,(H2,16,19)(H,18,20). The molecule has 0 radical (unpaired) electrons. The second-order valence-corrected chi connectivity index (χ2v) is 5.86. The summed E-state index contributed by atoms with van der Waals surface area (Å²) in [6.07, 6.45) is 0. The Labute approximate surface area is 117 Å². The Kier molecular flexibility index (Phi) is 4.19. The number of halogens is 1. The number of amides is 2. The highest BCUT2D eigenvalue weighted by Gasteiger charge is 2.40. The summed E-state index contributed by atoms with van der Waals surface area (Å²) < 4.78 is 13.3. The minimum atomic E-state index is -0.892. The van der Waals surface area contributed by atoms with Crippen molar-refractivity contribution in [3.8, 4) is 0 Å². The maximum absolute atomic E-state index is 13.3. The van der Waals surface area contributed by atoms with E-state index >= 15 is 0 Å². The van der Waals surface area contributed by atoms with Crippen molar-refractivity contribution < 1.29 is 14.0 Å². The lowest BCUT2D eigenvalue weighted by atomic mass is 9.74. The van der Waals surface area contributed by atoms with Crippen LogP contribution in [0.4, 0.5) is 10.1 Å². The fourth-order valence-corrected chi connectivity index (χ4v) is 1.37. The van der Waals surface area contributed by atoms with Gasteiger partial charge in [0, 0.05) is 11.2 Å². The third kappa shape index (κ3) is 3.14. The van der Waals surface area contributed by atoms with Gasteiger partial charge >= 0.3 is 0 Å². The van der Waals surface area contributed by atoms with E-state index < -0.39 is 22.7 Å². The van der Waals surface area contributed by atoms with E-state index in [-0.39, 0.29) is 11.5 Å². The van der Waals surface area contributed by atoms with Crippen LogP contribution in [-0.4, -0.2) is 17.4 Å². The second kappa shape index (κ2) is 5.20. The van der Waals surface area contributed by atoms with Gasteiger partial charge < -0.3 is 16.8 Å². The summed E-state index contributed by atoms with van der Waals surface area (Å²) in [5, 5.41) is 2.62. The number of rotatable bonds is 4. The molecule has 0 aliphatic heterocycles. The molecular weight excluding hydrogens is 261 g/mol. The van der Waals surface area contributed by atoms with Gasteiger partial charge in [-0.1, -0.05) is 0 Å². The fourth-order valence-electron chi connectivity index (χ4n) is 1.37. The van der Waals surface area contributed by atoms with E-state index in [0.717, 1.165) is 6.07 Å². The summed E-state index contributed by atoms with van der Waals surface area (Å²) in [5.74, 6) is -1.95. The number of carbonyl (C=O) groups is 2. The Morgan fingerprint density at radius 3 is 2.20 bits per heavy atom. The number of hydrogen-bond donors (Lipinski definition) is 3. The van der Waals surface area contributed by atoms with Crippen molar-refractivity contribution in [1.29, 1.82) is 0 Å². The van der Waals surface area contributed by atoms with Crippen LogP contribution in [0.2, 0.25) is 0 Å². The monoisotopic (exact) mass is 281 g/mol. The minimum Gasteiger partial charge on any atom is -0.366 e. The van der Waals surface area contributed by atoms with Crippen molar-refractivity contribution in [2.24, 2.45) is 16.9 Å². The molecule has 0 bridgehead atoms. The molecule has 20 heavy (non-hydrogen) atoms. The third-order valence-electron chi connectivity index (χ3n) is 3.67. The molecule has 2 amide bonds. The first-order chi connectivity index (χ1) is 8.96. The summed E-state index contributed by atoms with van der Waals surface area (Å²) in [7, 11) is 0. The van der Waals surface area contributed by atoms with Crippen LogP contribution >= 0.6 is 0 Å². The quantitative estimate of drug-likeness (QED) is 0.782. The number of anilines is 1. The van der Waals surface area contributed by atoms with Crippen LogP contribution in [0.3, 0.4) is 0 Å². The number of nitrogens with one attached hydrogen (secondary N) is 1. The Bertz CT molecular complexity index is 548. The Morgan fingerprint density at radius 1 is 1.20 bits per heavy atom. The SMILES string of the molecule is CC(C)(N)C(C)(C)C(=O)Nc1ccc(F)c(C(N)=O)c1. The van der Waals surface area contributed by atoms with E-state index in [1.54, 1.807) is 27.7 Å². The van der Waals surface area contributed by atoms with Crippen LogP contribution in [0.1, 0.15) is 38.1 Å². The van der Waals surface area contributed by atoms with Crippen molar-refractivity contribution in [1.82, 2.24) is 0 Å². The zero-order chi connectivity index (χ0) is 15.7. The molecule has 0 atom stereocenters. The molecule has 0 saturated carbocycles. The van der Waals surface area contributed by atoms with Gasteiger partial charge in [0.1, 0.15) is 5.82 Å². The van der Waals surface area contributed by atoms with Crippen molar-refractivity contribution in [2.45, 2.75) is 33.2 Å². The molecule has 5 nitrogen and oxygen atoms in total. The summed E-state index contributed by atoms with van der Waals surface area (Å²) in [5.41, 5.74) is 9.46. The van der Waals surface area contributed by atoms with Gasteiger partial charge in [-0.3, -0.25) is 9.59 Å². The predicted molar refractivity (Wildman–Crippen MR) is 75.6 cm³/mol. The minimum absolute atomic E-state index is 0.271. The van der Waals surface area contributed by atoms with Crippen LogP contribution in [0.15, 0.2) is 18.2 Å². The highest BCUT2D eigenvalue weighted by atomic mass is 19.1. The number of primary amides is 1. The average molecular weight is 281 g/mol. The first-order valence-corrected chi connectivity index (χ1v) is 6.16. The van der Waals surface area contributed by atoms with Crippen LogP contribution in [-0.2, 0) is 4.79 Å². The Morgan fingerprint density at radius 2 is 1.75 bits per heavy atom. The van der Waals surface area contributed by atoms with Crippen molar-refractivity contribution >= 4 is 17.5 Å². The van der Waals surface area contributed by atoms with Gasteiger partial charge in [0.25, 0.3) is 5.91 Å². The summed E-state index contributed by atoms with van der Waals surface area (Å²) in [6.45, 7) is 6.90. The topological polar surface area (TPSA) is 98.2 Å². The van der Waals surface area contributed by atoms with Gasteiger partial charge in [-0.05, 0) is 45.9 Å². The first kappa shape index (κ1) is 16.1. The number of benzene rings is 1. The van der Waals surface area contributed by atoms with E-state index in [2.05, 4.69) is 5.32 Å². The summed E-state index contributed by atoms with van der Waals surface area (Å²) in [6, 6.07) is 3.64. The third-order valence-corrected chi connectivity index (χ3v) is 3.67. The molecule has 110 valence electrons. The zero-order valence-corrected chi connectivity index (χ0v) is 12.1. The molecule has 0 spiro atoms. The van der Waals surface area contributed by atoms with Crippen molar-refractivity contribution in [3.63, 3.8) is 0 Å². The van der Waals surface area contributed by atoms with Gasteiger partial charge in [-0.2, -0.15) is 0 Å². The molecule has 0 aliphatic carbocycles. The predicted octanol–water partition coefficient (Wildman–Crippen LogP) is 1.63. The maximum atomic E-state index is 13.3. The maximum Gasteiger partial charge on any atom is 0.251 e. The summed E-state index contributed by atoms with van der Waals surface area (Å²) >= 11 is 0. The number of nitrogens with two attached hydrogens (primary N) is 2. The lowest BCUT2D eigenvalue weighted by Gasteiger charge is -2.36. The van der Waals surface area contributed by atoms with Gasteiger partial charge in [0.2, 0.25) is 5.91 Å². The fraction of sp³-hybridized carbons (Fsp3) is 0.429. The second-order valence-electron chi connectivity index (χ2n) is 5.86. The van der Waals surface area contributed by atoms with Gasteiger partial charge in [0.05, 0.1) is 11.0 Å². The van der Waals surface area contributed by atoms with E-state index in [1.807, 2.05) is 0 Å². The molecule has 5 N–H and O–H groups in total. The largest absolute Gasteiger partial charge is 0.366 e. The molecule has 0 heterocycles. The van der Waals surface area contributed by atoms with Gasteiger partial charge in [-0.25, -0.2) is 4.39 Å².